The van der Waals surface area contributed by atoms with E-state index in [1.165, 1.54) is 0 Å². The molecule has 27 heavy (non-hydrogen) atoms. The zero-order valence-corrected chi connectivity index (χ0v) is 16.4. The van der Waals surface area contributed by atoms with Gasteiger partial charge in [-0.2, -0.15) is 5.10 Å². The van der Waals surface area contributed by atoms with Crippen molar-refractivity contribution in [3.63, 3.8) is 0 Å². The Kier molecular flexibility index (Phi) is 5.09. The molecule has 0 aliphatic carbocycles. The highest BCUT2D eigenvalue weighted by Crippen LogP contribution is 2.23. The van der Waals surface area contributed by atoms with Gasteiger partial charge in [0.1, 0.15) is 23.3 Å². The molecule has 4 rings (SSSR count). The van der Waals surface area contributed by atoms with Crippen molar-refractivity contribution in [3.05, 3.63) is 23.3 Å². The number of aromatic nitrogens is 6. The third-order valence-electron chi connectivity index (χ3n) is 5.37. The highest BCUT2D eigenvalue weighted by molar-refractivity contribution is 5.80. The third kappa shape index (κ3) is 3.81. The van der Waals surface area contributed by atoms with Crippen LogP contribution in [-0.2, 0) is 19.5 Å². The summed E-state index contributed by atoms with van der Waals surface area (Å²) in [7, 11) is 0. The quantitative estimate of drug-likeness (QED) is 0.618. The molecular formula is C18H29N9. The summed E-state index contributed by atoms with van der Waals surface area (Å²) in [6, 6.07) is 0.163. The molecule has 2 aliphatic heterocycles. The molecule has 0 bridgehead atoms. The third-order valence-corrected chi connectivity index (χ3v) is 5.37. The Labute approximate surface area is 159 Å². The van der Waals surface area contributed by atoms with Crippen LogP contribution in [0.1, 0.15) is 55.5 Å². The van der Waals surface area contributed by atoms with Gasteiger partial charge in [-0.15, -0.1) is 10.2 Å². The minimum absolute atomic E-state index is 0.163. The van der Waals surface area contributed by atoms with Crippen molar-refractivity contribution >= 4 is 5.96 Å². The van der Waals surface area contributed by atoms with Crippen LogP contribution in [0.4, 0.5) is 0 Å². The second-order valence-corrected chi connectivity index (χ2v) is 7.48. The molecule has 146 valence electrons. The molecule has 0 fully saturated rings. The summed E-state index contributed by atoms with van der Waals surface area (Å²) in [4.78, 5) is 9.49. The van der Waals surface area contributed by atoms with Crippen molar-refractivity contribution in [2.75, 3.05) is 13.1 Å². The minimum atomic E-state index is 0.163. The molecule has 4 heterocycles. The summed E-state index contributed by atoms with van der Waals surface area (Å²) in [5.74, 6) is 5.34. The molecule has 2 N–H and O–H groups in total. The van der Waals surface area contributed by atoms with Crippen molar-refractivity contribution in [3.8, 4) is 0 Å². The van der Waals surface area contributed by atoms with Gasteiger partial charge in [-0.25, -0.2) is 9.67 Å². The van der Waals surface area contributed by atoms with Gasteiger partial charge in [0.25, 0.3) is 0 Å². The highest BCUT2D eigenvalue weighted by atomic mass is 15.4. The Hall–Kier alpha value is -2.45. The number of rotatable bonds is 4. The Morgan fingerprint density at radius 2 is 2.15 bits per heavy atom. The van der Waals surface area contributed by atoms with Gasteiger partial charge in [-0.3, -0.25) is 4.99 Å². The Balaban J connectivity index is 1.43. The summed E-state index contributed by atoms with van der Waals surface area (Å²) in [6.07, 6.45) is 4.24. The fourth-order valence-electron chi connectivity index (χ4n) is 3.99. The lowest BCUT2D eigenvalue weighted by molar-refractivity contribution is 0.368. The van der Waals surface area contributed by atoms with Crippen LogP contribution in [0.25, 0.3) is 0 Å². The summed E-state index contributed by atoms with van der Waals surface area (Å²) >= 11 is 0. The van der Waals surface area contributed by atoms with Gasteiger partial charge in [-0.05, 0) is 46.0 Å². The fourth-order valence-corrected chi connectivity index (χ4v) is 3.99. The number of hydrogen-bond donors (Lipinski definition) is 2. The van der Waals surface area contributed by atoms with Gasteiger partial charge in [0.15, 0.2) is 5.96 Å². The highest BCUT2D eigenvalue weighted by Gasteiger charge is 2.25. The molecule has 0 amide bonds. The molecule has 9 nitrogen and oxygen atoms in total. The Morgan fingerprint density at radius 3 is 3.00 bits per heavy atom. The largest absolute Gasteiger partial charge is 0.357 e. The predicted molar refractivity (Wildman–Crippen MR) is 102 cm³/mol. The fraction of sp³-hybridized carbons (Fsp3) is 0.722. The van der Waals surface area contributed by atoms with Crippen molar-refractivity contribution in [1.82, 2.24) is 40.2 Å². The smallest absolute Gasteiger partial charge is 0.191 e. The first-order valence-corrected chi connectivity index (χ1v) is 9.99. The van der Waals surface area contributed by atoms with Crippen LogP contribution in [0.5, 0.6) is 0 Å². The second kappa shape index (κ2) is 7.66. The lowest BCUT2D eigenvalue weighted by atomic mass is 9.99. The number of guanidine groups is 1. The number of nitrogens with one attached hydrogen (secondary N) is 2. The van der Waals surface area contributed by atoms with Gasteiger partial charge in [0, 0.05) is 32.6 Å². The van der Waals surface area contributed by atoms with E-state index in [-0.39, 0.29) is 6.04 Å². The number of aryl methyl sites for hydroxylation is 4. The van der Waals surface area contributed by atoms with Crippen LogP contribution in [0.2, 0.25) is 0 Å². The second-order valence-electron chi connectivity index (χ2n) is 7.48. The van der Waals surface area contributed by atoms with E-state index < -0.39 is 0 Å². The zero-order chi connectivity index (χ0) is 18.8. The maximum absolute atomic E-state index is 4.88. The summed E-state index contributed by atoms with van der Waals surface area (Å²) in [6.45, 7) is 9.60. The number of fused-ring (bicyclic) bond motifs is 2. The molecule has 0 spiro atoms. The van der Waals surface area contributed by atoms with Gasteiger partial charge >= 0.3 is 0 Å². The Morgan fingerprint density at radius 1 is 1.26 bits per heavy atom. The summed E-state index contributed by atoms with van der Waals surface area (Å²) < 4.78 is 4.26. The van der Waals surface area contributed by atoms with Crippen LogP contribution in [0.15, 0.2) is 4.99 Å². The normalized spacial score (nSPS) is 22.3. The van der Waals surface area contributed by atoms with E-state index >= 15 is 0 Å². The van der Waals surface area contributed by atoms with E-state index in [1.807, 2.05) is 18.5 Å². The topological polar surface area (TPSA) is 97.8 Å². The van der Waals surface area contributed by atoms with Gasteiger partial charge in [0.05, 0.1) is 6.04 Å². The monoisotopic (exact) mass is 371 g/mol. The predicted octanol–water partition coefficient (Wildman–Crippen LogP) is 1.14. The number of nitrogens with zero attached hydrogens (tertiary/aromatic N) is 7. The number of hydrogen-bond acceptors (Lipinski definition) is 5. The molecule has 2 aromatic heterocycles. The maximum Gasteiger partial charge on any atom is 0.191 e. The molecule has 2 unspecified atom stereocenters. The zero-order valence-electron chi connectivity index (χ0n) is 16.4. The standard InChI is InChI=1S/C18H29N9/c1-4-19-18(22-15-6-5-9-27-17(15)21-12(2)25-27)20-10-14-7-8-16-24-23-13(3)26(16)11-14/h14-15H,4-11H2,1-3H3,(H2,19,20,22). The van der Waals surface area contributed by atoms with Crippen LogP contribution in [-0.4, -0.2) is 48.6 Å². The van der Waals surface area contributed by atoms with Gasteiger partial charge < -0.3 is 15.2 Å². The number of aliphatic imine (C=N–C) groups is 1. The minimum Gasteiger partial charge on any atom is -0.357 e. The molecule has 0 aromatic carbocycles. The van der Waals surface area contributed by atoms with E-state index in [2.05, 4.69) is 42.4 Å². The van der Waals surface area contributed by atoms with Crippen LogP contribution in [0, 0.1) is 19.8 Å². The summed E-state index contributed by atoms with van der Waals surface area (Å²) in [5, 5.41) is 19.9. The van der Waals surface area contributed by atoms with Crippen molar-refractivity contribution in [1.29, 1.82) is 0 Å². The maximum atomic E-state index is 4.88. The van der Waals surface area contributed by atoms with E-state index in [9.17, 15) is 0 Å². The SMILES string of the molecule is CCNC(=NCC1CCc2nnc(C)n2C1)NC1CCCn2nc(C)nc21. The first-order chi connectivity index (χ1) is 13.1. The average Bonchev–Trinajstić information content (AvgIpc) is 3.22. The van der Waals surface area contributed by atoms with Crippen molar-refractivity contribution in [2.45, 2.75) is 65.6 Å². The molecule has 0 radical (unpaired) electrons. The van der Waals surface area contributed by atoms with Crippen molar-refractivity contribution < 1.29 is 0 Å². The molecule has 0 saturated carbocycles. The average molecular weight is 371 g/mol. The van der Waals surface area contributed by atoms with Crippen LogP contribution < -0.4 is 10.6 Å². The van der Waals surface area contributed by atoms with E-state index in [4.69, 9.17) is 4.99 Å². The first kappa shape index (κ1) is 17.9. The van der Waals surface area contributed by atoms with E-state index in [0.29, 0.717) is 5.92 Å². The molecule has 2 atom stereocenters. The lowest BCUT2D eigenvalue weighted by Gasteiger charge is -2.26. The van der Waals surface area contributed by atoms with E-state index in [1.54, 1.807) is 0 Å². The molecule has 2 aliphatic rings. The van der Waals surface area contributed by atoms with Gasteiger partial charge in [-0.1, -0.05) is 0 Å². The van der Waals surface area contributed by atoms with Gasteiger partial charge in [0.2, 0.25) is 0 Å². The summed E-state index contributed by atoms with van der Waals surface area (Å²) in [5.41, 5.74) is 0. The lowest BCUT2D eigenvalue weighted by Crippen LogP contribution is -2.42. The molecule has 2 aromatic rings. The Bertz CT molecular complexity index is 819. The first-order valence-electron chi connectivity index (χ1n) is 9.99. The van der Waals surface area contributed by atoms with E-state index in [0.717, 1.165) is 81.1 Å². The molecule has 0 saturated heterocycles. The molecular weight excluding hydrogens is 342 g/mol. The van der Waals surface area contributed by atoms with Crippen LogP contribution in [0.3, 0.4) is 0 Å². The molecule has 9 heteroatoms. The van der Waals surface area contributed by atoms with Crippen LogP contribution >= 0.6 is 0 Å². The van der Waals surface area contributed by atoms with Crippen molar-refractivity contribution in [2.24, 2.45) is 10.9 Å².